The molecule has 234 valence electrons. The highest BCUT2D eigenvalue weighted by Crippen LogP contribution is 2.40. The number of dihydropyridines is 1. The number of rotatable bonds is 18. The van der Waals surface area contributed by atoms with Gasteiger partial charge in [0.25, 0.3) is 5.69 Å². The van der Waals surface area contributed by atoms with Crippen molar-refractivity contribution < 1.29 is 33.5 Å². The van der Waals surface area contributed by atoms with Crippen molar-refractivity contribution in [1.82, 2.24) is 15.5 Å². The minimum atomic E-state index is -0.912. The molecule has 1 aromatic heterocycles. The van der Waals surface area contributed by atoms with Crippen molar-refractivity contribution in [2.45, 2.75) is 71.6 Å². The maximum atomic E-state index is 13.4. The van der Waals surface area contributed by atoms with Gasteiger partial charge in [-0.05, 0) is 57.9 Å². The van der Waals surface area contributed by atoms with E-state index in [0.717, 1.165) is 44.2 Å². The maximum absolute atomic E-state index is 13.4. The van der Waals surface area contributed by atoms with E-state index in [1.54, 1.807) is 19.9 Å². The van der Waals surface area contributed by atoms with E-state index in [-0.39, 0.29) is 36.7 Å². The smallest absolute Gasteiger partial charge is 0.336 e. The molecule has 1 unspecified atom stereocenters. The predicted molar refractivity (Wildman–Crippen MR) is 159 cm³/mol. The van der Waals surface area contributed by atoms with Gasteiger partial charge >= 0.3 is 11.9 Å². The molecule has 0 spiro atoms. The number of hydrogen-bond acceptors (Lipinski definition) is 10. The lowest BCUT2D eigenvalue weighted by Crippen LogP contribution is -2.33. The number of carbonyl (C=O) groups is 2. The molecule has 0 aliphatic carbocycles. The van der Waals surface area contributed by atoms with Crippen LogP contribution in [0.1, 0.15) is 76.5 Å². The number of aryl methyl sites for hydroxylation is 1. The second kappa shape index (κ2) is 17.1. The molecule has 0 fully saturated rings. The zero-order chi connectivity index (χ0) is 31.2. The lowest BCUT2D eigenvalue weighted by Gasteiger charge is -2.30. The second-order valence-corrected chi connectivity index (χ2v) is 10.3. The quantitative estimate of drug-likeness (QED) is 0.100. The second-order valence-electron chi connectivity index (χ2n) is 10.3. The lowest BCUT2D eigenvalue weighted by molar-refractivity contribution is -0.384. The standard InChI is InChI=1S/C31H42N4O8/c1-5-6-13-24-20-26(34-33-24)41-15-9-7-8-10-16-42-30(36)27-21(2)32-22(3)28(31(37)43-18-17-40-4)29(27)23-12-11-14-25(19-23)35(38)39/h11-12,14,19-20,29,32H,5-10,13,15-18H2,1-4H3,(H,33,34). The number of ether oxygens (including phenoxy) is 4. The Hall–Kier alpha value is -4.19. The number of benzene rings is 1. The van der Waals surface area contributed by atoms with Crippen molar-refractivity contribution in [2.75, 3.05) is 33.5 Å². The monoisotopic (exact) mass is 598 g/mol. The fraction of sp³-hybridized carbons (Fsp3) is 0.516. The highest BCUT2D eigenvalue weighted by molar-refractivity contribution is 6.00. The van der Waals surface area contributed by atoms with Gasteiger partial charge in [0, 0.05) is 42.4 Å². The number of carbonyl (C=O) groups excluding carboxylic acids is 2. The van der Waals surface area contributed by atoms with Crippen molar-refractivity contribution in [3.63, 3.8) is 0 Å². The van der Waals surface area contributed by atoms with Crippen LogP contribution in [0.4, 0.5) is 5.69 Å². The summed E-state index contributed by atoms with van der Waals surface area (Å²) in [5, 5.41) is 21.8. The zero-order valence-corrected chi connectivity index (χ0v) is 25.4. The third kappa shape index (κ3) is 9.67. The number of esters is 2. The molecule has 12 heteroatoms. The minimum absolute atomic E-state index is 0.0168. The van der Waals surface area contributed by atoms with Crippen molar-refractivity contribution in [3.8, 4) is 5.88 Å². The summed E-state index contributed by atoms with van der Waals surface area (Å²) >= 11 is 0. The van der Waals surface area contributed by atoms with Gasteiger partial charge in [0.1, 0.15) is 6.61 Å². The number of nitro benzene ring substituents is 1. The highest BCUT2D eigenvalue weighted by atomic mass is 16.6. The summed E-state index contributed by atoms with van der Waals surface area (Å²) in [7, 11) is 1.49. The van der Waals surface area contributed by atoms with Gasteiger partial charge in [0.2, 0.25) is 5.88 Å². The molecule has 1 aromatic carbocycles. The third-order valence-electron chi connectivity index (χ3n) is 7.06. The average Bonchev–Trinajstić information content (AvgIpc) is 3.44. The van der Waals surface area contributed by atoms with Crippen LogP contribution in [0.5, 0.6) is 5.88 Å². The Labute approximate surface area is 252 Å². The number of unbranched alkanes of at least 4 members (excludes halogenated alkanes) is 4. The molecule has 2 heterocycles. The van der Waals surface area contributed by atoms with Crippen LogP contribution in [0.3, 0.4) is 0 Å². The zero-order valence-electron chi connectivity index (χ0n) is 25.4. The van der Waals surface area contributed by atoms with Gasteiger partial charge in [-0.25, -0.2) is 9.59 Å². The van der Waals surface area contributed by atoms with Crippen LogP contribution in [-0.2, 0) is 30.2 Å². The van der Waals surface area contributed by atoms with E-state index in [2.05, 4.69) is 22.4 Å². The van der Waals surface area contributed by atoms with Crippen LogP contribution in [0.25, 0.3) is 0 Å². The van der Waals surface area contributed by atoms with Crippen LogP contribution >= 0.6 is 0 Å². The molecule has 0 radical (unpaired) electrons. The Morgan fingerprint density at radius 3 is 2.26 bits per heavy atom. The summed E-state index contributed by atoms with van der Waals surface area (Å²) < 4.78 is 21.7. The van der Waals surface area contributed by atoms with Crippen molar-refractivity contribution >= 4 is 17.6 Å². The molecule has 12 nitrogen and oxygen atoms in total. The molecule has 1 atom stereocenters. The van der Waals surface area contributed by atoms with Gasteiger partial charge < -0.3 is 24.3 Å². The number of methoxy groups -OCH3 is 1. The van der Waals surface area contributed by atoms with Gasteiger partial charge in [-0.3, -0.25) is 15.2 Å². The van der Waals surface area contributed by atoms with Gasteiger partial charge in [0.15, 0.2) is 0 Å². The Balaban J connectivity index is 1.59. The number of nitrogens with zero attached hydrogens (tertiary/aromatic N) is 2. The van der Waals surface area contributed by atoms with E-state index >= 15 is 0 Å². The first-order chi connectivity index (χ1) is 20.8. The molecule has 2 aromatic rings. The summed E-state index contributed by atoms with van der Waals surface area (Å²) in [5.41, 5.74) is 2.71. The largest absolute Gasteiger partial charge is 0.477 e. The van der Waals surface area contributed by atoms with E-state index in [1.165, 1.54) is 25.3 Å². The summed E-state index contributed by atoms with van der Waals surface area (Å²) in [5.74, 6) is -1.55. The van der Waals surface area contributed by atoms with Crippen molar-refractivity contribution in [2.24, 2.45) is 0 Å². The van der Waals surface area contributed by atoms with Crippen LogP contribution < -0.4 is 10.1 Å². The Kier molecular flexibility index (Phi) is 13.2. The van der Waals surface area contributed by atoms with Gasteiger partial charge in [-0.1, -0.05) is 25.5 Å². The Morgan fingerprint density at radius 1 is 0.930 bits per heavy atom. The van der Waals surface area contributed by atoms with Crippen LogP contribution in [-0.4, -0.2) is 60.6 Å². The third-order valence-corrected chi connectivity index (χ3v) is 7.06. The van der Waals surface area contributed by atoms with E-state index < -0.39 is 22.8 Å². The molecule has 0 amide bonds. The number of aromatic amines is 1. The van der Waals surface area contributed by atoms with Gasteiger partial charge in [-0.2, -0.15) is 0 Å². The summed E-state index contributed by atoms with van der Waals surface area (Å²) in [6.07, 6.45) is 6.40. The van der Waals surface area contributed by atoms with Crippen LogP contribution in [0.15, 0.2) is 52.9 Å². The van der Waals surface area contributed by atoms with Gasteiger partial charge in [-0.15, -0.1) is 5.10 Å². The summed E-state index contributed by atoms with van der Waals surface area (Å²) in [6, 6.07) is 7.84. The topological polar surface area (TPSA) is 155 Å². The molecular weight excluding hydrogens is 556 g/mol. The molecule has 3 rings (SSSR count). The first-order valence-corrected chi connectivity index (χ1v) is 14.7. The van der Waals surface area contributed by atoms with Crippen LogP contribution in [0, 0.1) is 10.1 Å². The van der Waals surface area contributed by atoms with Crippen molar-refractivity contribution in [1.29, 1.82) is 0 Å². The molecule has 0 saturated carbocycles. The molecule has 2 N–H and O–H groups in total. The summed E-state index contributed by atoms with van der Waals surface area (Å²) in [6.45, 7) is 6.52. The summed E-state index contributed by atoms with van der Waals surface area (Å²) in [4.78, 5) is 37.6. The Bertz CT molecular complexity index is 1320. The number of nitrogens with one attached hydrogen (secondary N) is 2. The molecular formula is C31H42N4O8. The van der Waals surface area contributed by atoms with E-state index in [4.69, 9.17) is 18.9 Å². The number of allylic oxidation sites excluding steroid dienone is 2. The number of hydrogen-bond donors (Lipinski definition) is 2. The average molecular weight is 599 g/mol. The number of nitro groups is 1. The first kappa shape index (κ1) is 33.3. The molecule has 0 bridgehead atoms. The Morgan fingerprint density at radius 2 is 1.60 bits per heavy atom. The maximum Gasteiger partial charge on any atom is 0.336 e. The fourth-order valence-corrected chi connectivity index (χ4v) is 4.87. The van der Waals surface area contributed by atoms with Gasteiger partial charge in [0.05, 0.1) is 41.8 Å². The number of H-pyrrole nitrogens is 1. The normalized spacial score (nSPS) is 14.8. The molecule has 1 aliphatic rings. The van der Waals surface area contributed by atoms with Crippen LogP contribution in [0.2, 0.25) is 0 Å². The predicted octanol–water partition coefficient (Wildman–Crippen LogP) is 5.27. The van der Waals surface area contributed by atoms with E-state index in [9.17, 15) is 19.7 Å². The molecule has 1 aliphatic heterocycles. The minimum Gasteiger partial charge on any atom is -0.477 e. The van der Waals surface area contributed by atoms with E-state index in [0.29, 0.717) is 35.9 Å². The first-order valence-electron chi connectivity index (χ1n) is 14.7. The van der Waals surface area contributed by atoms with Crippen molar-refractivity contribution in [3.05, 3.63) is 74.2 Å². The molecule has 0 saturated heterocycles. The fourth-order valence-electron chi connectivity index (χ4n) is 4.87. The lowest BCUT2D eigenvalue weighted by atomic mass is 9.80. The molecule has 43 heavy (non-hydrogen) atoms. The number of aromatic nitrogens is 2. The number of non-ortho nitro benzene ring substituents is 1. The SMILES string of the molecule is CCCCc1cc(OCCCCCCOC(=O)C2=C(C)NC(C)=C(C(=O)OCCOC)C2c2cccc([N+](=O)[O-])c2)n[nH]1. The highest BCUT2D eigenvalue weighted by Gasteiger charge is 2.38. The van der Waals surface area contributed by atoms with E-state index in [1.807, 2.05) is 6.07 Å².